The van der Waals surface area contributed by atoms with Crippen molar-refractivity contribution in [3.05, 3.63) is 0 Å². The second-order valence-electron chi connectivity index (χ2n) is 4.05. The van der Waals surface area contributed by atoms with Gasteiger partial charge in [-0.1, -0.05) is 12.8 Å². The zero-order valence-electron chi connectivity index (χ0n) is 10.0. The van der Waals surface area contributed by atoms with E-state index in [-0.39, 0.29) is 5.91 Å². The van der Waals surface area contributed by atoms with Crippen molar-refractivity contribution in [1.29, 1.82) is 0 Å². The van der Waals surface area contributed by atoms with Crippen LogP contribution in [0.3, 0.4) is 0 Å². The van der Waals surface area contributed by atoms with Gasteiger partial charge in [0.05, 0.1) is 13.1 Å². The van der Waals surface area contributed by atoms with Gasteiger partial charge in [-0.3, -0.25) is 9.69 Å². The van der Waals surface area contributed by atoms with E-state index in [1.165, 1.54) is 0 Å². The second kappa shape index (κ2) is 7.26. The number of piperazine rings is 1. The van der Waals surface area contributed by atoms with Crippen molar-refractivity contribution in [2.45, 2.75) is 13.3 Å². The largest absolute Gasteiger partial charge is 0.330 e. The third kappa shape index (κ3) is 4.21. The van der Waals surface area contributed by atoms with E-state index in [2.05, 4.69) is 23.1 Å². The Morgan fingerprint density at radius 1 is 1.50 bits per heavy atom. The van der Waals surface area contributed by atoms with Crippen molar-refractivity contribution < 1.29 is 4.79 Å². The minimum absolute atomic E-state index is 0.154. The summed E-state index contributed by atoms with van der Waals surface area (Å²) in [7, 11) is 0. The smallest absolute Gasteiger partial charge is 0.237 e. The Bertz CT molecular complexity index is 253. The predicted octanol–water partition coefficient (Wildman–Crippen LogP) is -0.237. The van der Waals surface area contributed by atoms with Crippen molar-refractivity contribution >= 4 is 5.91 Å². The summed E-state index contributed by atoms with van der Waals surface area (Å²) in [5.74, 6) is 2.70. The molecule has 0 bridgehead atoms. The molecule has 16 heavy (non-hydrogen) atoms. The number of nitrogens with zero attached hydrogens (tertiary/aromatic N) is 2. The summed E-state index contributed by atoms with van der Waals surface area (Å²) in [6.45, 7) is 7.58. The van der Waals surface area contributed by atoms with Crippen LogP contribution in [0.25, 0.3) is 0 Å². The van der Waals surface area contributed by atoms with Crippen LogP contribution in [-0.4, -0.2) is 61.5 Å². The van der Waals surface area contributed by atoms with Gasteiger partial charge in [-0.15, -0.1) is 6.42 Å². The molecular formula is C12H21N3O. The molecule has 1 N–H and O–H groups in total. The van der Waals surface area contributed by atoms with Gasteiger partial charge in [0.25, 0.3) is 0 Å². The summed E-state index contributed by atoms with van der Waals surface area (Å²) in [4.78, 5) is 15.9. The third-order valence-corrected chi connectivity index (χ3v) is 2.70. The molecule has 4 nitrogen and oxygen atoms in total. The van der Waals surface area contributed by atoms with Crippen LogP contribution in [0.1, 0.15) is 13.3 Å². The quantitative estimate of drug-likeness (QED) is 0.654. The van der Waals surface area contributed by atoms with Gasteiger partial charge in [-0.05, 0) is 6.42 Å². The highest BCUT2D eigenvalue weighted by molar-refractivity contribution is 5.78. The molecule has 0 radical (unpaired) electrons. The Hall–Kier alpha value is -1.05. The van der Waals surface area contributed by atoms with E-state index in [1.807, 2.05) is 0 Å². The topological polar surface area (TPSA) is 35.6 Å². The molecule has 1 aliphatic rings. The lowest BCUT2D eigenvalue weighted by atomic mass is 10.3. The normalized spacial score (nSPS) is 16.8. The molecule has 1 aliphatic heterocycles. The number of carbonyl (C=O) groups is 1. The van der Waals surface area contributed by atoms with Crippen molar-refractivity contribution in [2.75, 3.05) is 45.8 Å². The van der Waals surface area contributed by atoms with Crippen molar-refractivity contribution in [3.63, 3.8) is 0 Å². The molecule has 0 aromatic carbocycles. The minimum Gasteiger partial charge on any atom is -0.330 e. The average Bonchev–Trinajstić information content (AvgIpc) is 2.30. The van der Waals surface area contributed by atoms with Gasteiger partial charge in [0.1, 0.15) is 0 Å². The van der Waals surface area contributed by atoms with E-state index in [0.717, 1.165) is 39.1 Å². The van der Waals surface area contributed by atoms with E-state index >= 15 is 0 Å². The Labute approximate surface area is 98.0 Å². The van der Waals surface area contributed by atoms with E-state index in [9.17, 15) is 4.79 Å². The zero-order valence-corrected chi connectivity index (χ0v) is 10.0. The van der Waals surface area contributed by atoms with Crippen LogP contribution in [0, 0.1) is 12.3 Å². The fraction of sp³-hybridized carbons (Fsp3) is 0.750. The number of amides is 1. The summed E-state index contributed by atoms with van der Waals surface area (Å²) in [5, 5.41) is 3.27. The number of nitrogens with one attached hydrogen (secondary N) is 1. The van der Waals surface area contributed by atoms with Gasteiger partial charge in [-0.2, -0.15) is 0 Å². The van der Waals surface area contributed by atoms with Crippen LogP contribution in [0.4, 0.5) is 0 Å². The monoisotopic (exact) mass is 223 g/mol. The molecular weight excluding hydrogens is 202 g/mol. The highest BCUT2D eigenvalue weighted by Gasteiger charge is 2.17. The highest BCUT2D eigenvalue weighted by Crippen LogP contribution is 1.97. The van der Waals surface area contributed by atoms with Crippen LogP contribution >= 0.6 is 0 Å². The van der Waals surface area contributed by atoms with Gasteiger partial charge in [0.15, 0.2) is 0 Å². The fourth-order valence-electron chi connectivity index (χ4n) is 1.83. The first-order valence-corrected chi connectivity index (χ1v) is 5.92. The molecule has 1 rings (SSSR count). The molecule has 0 aromatic rings. The zero-order chi connectivity index (χ0) is 11.8. The molecule has 4 heteroatoms. The third-order valence-electron chi connectivity index (χ3n) is 2.70. The summed E-state index contributed by atoms with van der Waals surface area (Å²) >= 11 is 0. The number of rotatable bonds is 5. The molecule has 0 aromatic heterocycles. The molecule has 1 fully saturated rings. The molecule has 0 saturated carbocycles. The maximum absolute atomic E-state index is 12.0. The van der Waals surface area contributed by atoms with Gasteiger partial charge in [-0.25, -0.2) is 0 Å². The number of hydrogen-bond donors (Lipinski definition) is 1. The lowest BCUT2D eigenvalue weighted by Gasteiger charge is -2.29. The predicted molar refractivity (Wildman–Crippen MR) is 65.0 cm³/mol. The average molecular weight is 223 g/mol. The summed E-state index contributed by atoms with van der Waals surface area (Å²) < 4.78 is 0. The van der Waals surface area contributed by atoms with Crippen molar-refractivity contribution in [2.24, 2.45) is 0 Å². The number of hydrogen-bond acceptors (Lipinski definition) is 3. The molecule has 1 amide bonds. The summed E-state index contributed by atoms with van der Waals surface area (Å²) in [6.07, 6.45) is 6.22. The van der Waals surface area contributed by atoms with E-state index in [4.69, 9.17) is 6.42 Å². The van der Waals surface area contributed by atoms with E-state index in [0.29, 0.717) is 13.1 Å². The lowest BCUT2D eigenvalue weighted by Crippen LogP contribution is -2.48. The first-order valence-electron chi connectivity index (χ1n) is 5.92. The molecule has 1 saturated heterocycles. The molecule has 0 aliphatic carbocycles. The molecule has 90 valence electrons. The molecule has 0 unspecified atom stereocenters. The Balaban J connectivity index is 2.38. The van der Waals surface area contributed by atoms with Gasteiger partial charge >= 0.3 is 0 Å². The van der Waals surface area contributed by atoms with Crippen LogP contribution < -0.4 is 5.32 Å². The summed E-state index contributed by atoms with van der Waals surface area (Å²) in [6, 6.07) is 0. The SMILES string of the molecule is C#CCN(CCC)C(=O)CN1CCNCC1. The molecule has 0 spiro atoms. The maximum Gasteiger partial charge on any atom is 0.237 e. The van der Waals surface area contributed by atoms with Gasteiger partial charge in [0, 0.05) is 32.7 Å². The van der Waals surface area contributed by atoms with Crippen LogP contribution in [-0.2, 0) is 4.79 Å². The van der Waals surface area contributed by atoms with Crippen molar-refractivity contribution in [3.8, 4) is 12.3 Å². The first kappa shape index (κ1) is 13.0. The molecule has 0 atom stereocenters. The Morgan fingerprint density at radius 2 is 2.19 bits per heavy atom. The van der Waals surface area contributed by atoms with E-state index < -0.39 is 0 Å². The highest BCUT2D eigenvalue weighted by atomic mass is 16.2. The number of carbonyl (C=O) groups excluding carboxylic acids is 1. The lowest BCUT2D eigenvalue weighted by molar-refractivity contribution is -0.132. The Kier molecular flexibility index (Phi) is 5.91. The minimum atomic E-state index is 0.154. The Morgan fingerprint density at radius 3 is 2.75 bits per heavy atom. The fourth-order valence-corrected chi connectivity index (χ4v) is 1.83. The van der Waals surface area contributed by atoms with Gasteiger partial charge < -0.3 is 10.2 Å². The standard InChI is InChI=1S/C12H21N3O/c1-3-7-15(8-4-2)12(16)11-14-9-5-13-6-10-14/h1,13H,4-11H2,2H3. The maximum atomic E-state index is 12.0. The van der Waals surface area contributed by atoms with Crippen LogP contribution in [0.15, 0.2) is 0 Å². The van der Waals surface area contributed by atoms with E-state index in [1.54, 1.807) is 4.90 Å². The number of terminal acetylenes is 1. The van der Waals surface area contributed by atoms with Gasteiger partial charge in [0.2, 0.25) is 5.91 Å². The van der Waals surface area contributed by atoms with Crippen molar-refractivity contribution in [1.82, 2.24) is 15.1 Å². The van der Waals surface area contributed by atoms with Crippen LogP contribution in [0.2, 0.25) is 0 Å². The molecule has 1 heterocycles. The van der Waals surface area contributed by atoms with Crippen LogP contribution in [0.5, 0.6) is 0 Å². The second-order valence-corrected chi connectivity index (χ2v) is 4.05. The first-order chi connectivity index (χ1) is 7.77. The summed E-state index contributed by atoms with van der Waals surface area (Å²) in [5.41, 5.74) is 0.